The largest absolute Gasteiger partial charge is 0.300 e. The van der Waals surface area contributed by atoms with Crippen molar-refractivity contribution in [2.24, 2.45) is 5.90 Å². The van der Waals surface area contributed by atoms with Crippen molar-refractivity contribution >= 4 is 0 Å². The highest BCUT2D eigenvalue weighted by molar-refractivity contribution is 5.29. The number of benzene rings is 1. The Balaban J connectivity index is 3.10. The summed E-state index contributed by atoms with van der Waals surface area (Å²) < 4.78 is 37.4. The van der Waals surface area contributed by atoms with Crippen LogP contribution in [-0.2, 0) is 11.4 Å². The molecule has 0 heterocycles. The average molecular weight is 191 g/mol. The van der Waals surface area contributed by atoms with Crippen molar-refractivity contribution in [3.8, 4) is 0 Å². The van der Waals surface area contributed by atoms with Crippen LogP contribution in [0.4, 0.5) is 13.2 Å². The van der Waals surface area contributed by atoms with Crippen LogP contribution in [0.2, 0.25) is 0 Å². The van der Waals surface area contributed by atoms with Gasteiger partial charge in [-0.25, -0.2) is 19.1 Å². The van der Waals surface area contributed by atoms with Gasteiger partial charge in [0.05, 0.1) is 12.2 Å². The summed E-state index contributed by atoms with van der Waals surface area (Å²) in [5, 5.41) is 0. The quantitative estimate of drug-likeness (QED) is 0.743. The molecule has 0 aliphatic rings. The van der Waals surface area contributed by atoms with Crippen LogP contribution in [0.3, 0.4) is 0 Å². The molecule has 2 N–H and O–H groups in total. The minimum Gasteiger partial charge on any atom is -0.300 e. The summed E-state index contributed by atoms with van der Waals surface area (Å²) in [5.41, 5.74) is -0.578. The zero-order valence-corrected chi connectivity index (χ0v) is 6.64. The minimum absolute atomic E-state index is 0.0671. The Morgan fingerprint density at radius 3 is 2.62 bits per heavy atom. The summed E-state index contributed by atoms with van der Waals surface area (Å²) in [6.45, 7) is -0.225. The molecule has 0 unspecified atom stereocenters. The third kappa shape index (κ3) is 2.19. The maximum atomic E-state index is 12.8. The lowest BCUT2D eigenvalue weighted by Crippen LogP contribution is -2.04. The molecule has 0 bridgehead atoms. The van der Waals surface area contributed by atoms with Gasteiger partial charge in [-0.1, -0.05) is 12.1 Å². The molecule has 0 radical (unpaired) electrons. The van der Waals surface area contributed by atoms with Crippen LogP contribution in [0.15, 0.2) is 18.2 Å². The highest BCUT2D eigenvalue weighted by atomic mass is 19.3. The fraction of sp³-hybridized carbons (Fsp3) is 0.250. The van der Waals surface area contributed by atoms with Gasteiger partial charge in [0, 0.05) is 0 Å². The van der Waals surface area contributed by atoms with Crippen molar-refractivity contribution in [3.05, 3.63) is 35.1 Å². The van der Waals surface area contributed by atoms with Gasteiger partial charge in [0.25, 0.3) is 6.43 Å². The van der Waals surface area contributed by atoms with E-state index in [0.29, 0.717) is 0 Å². The first kappa shape index (κ1) is 10.0. The van der Waals surface area contributed by atoms with Crippen molar-refractivity contribution in [1.82, 2.24) is 0 Å². The first-order chi connectivity index (χ1) is 6.16. The lowest BCUT2D eigenvalue weighted by Gasteiger charge is -2.07. The Hall–Kier alpha value is -1.07. The number of hydrogen-bond acceptors (Lipinski definition) is 2. The van der Waals surface area contributed by atoms with Gasteiger partial charge in [-0.15, -0.1) is 0 Å². The van der Waals surface area contributed by atoms with Crippen molar-refractivity contribution in [2.45, 2.75) is 13.0 Å². The molecule has 2 nitrogen and oxygen atoms in total. The molecular weight excluding hydrogens is 183 g/mol. The topological polar surface area (TPSA) is 35.2 Å². The molecule has 0 saturated carbocycles. The van der Waals surface area contributed by atoms with Crippen molar-refractivity contribution in [1.29, 1.82) is 0 Å². The third-order valence-corrected chi connectivity index (χ3v) is 1.60. The van der Waals surface area contributed by atoms with Crippen LogP contribution in [-0.4, -0.2) is 0 Å². The molecule has 1 rings (SSSR count). The van der Waals surface area contributed by atoms with Gasteiger partial charge < -0.3 is 0 Å². The predicted molar refractivity (Wildman–Crippen MR) is 40.3 cm³/mol. The molecule has 0 spiro atoms. The van der Waals surface area contributed by atoms with Crippen molar-refractivity contribution in [3.63, 3.8) is 0 Å². The summed E-state index contributed by atoms with van der Waals surface area (Å²) in [6, 6.07) is 3.65. The highest BCUT2D eigenvalue weighted by Crippen LogP contribution is 2.25. The SMILES string of the molecule is NOCc1cccc(F)c1C(F)F. The molecule has 0 aliphatic carbocycles. The zero-order chi connectivity index (χ0) is 9.84. The summed E-state index contributed by atoms with van der Waals surface area (Å²) in [7, 11) is 0. The van der Waals surface area contributed by atoms with Crippen molar-refractivity contribution < 1.29 is 18.0 Å². The summed E-state index contributed by atoms with van der Waals surface area (Å²) >= 11 is 0. The molecule has 1 aromatic rings. The number of alkyl halides is 2. The molecule has 0 atom stereocenters. The van der Waals surface area contributed by atoms with Crippen LogP contribution in [0.25, 0.3) is 0 Å². The summed E-state index contributed by atoms with van der Waals surface area (Å²) in [4.78, 5) is 4.17. The molecule has 5 heteroatoms. The Morgan fingerprint density at radius 2 is 2.08 bits per heavy atom. The van der Waals surface area contributed by atoms with E-state index in [1.807, 2.05) is 0 Å². The molecule has 0 saturated heterocycles. The predicted octanol–water partition coefficient (Wildman–Crippen LogP) is 2.15. The van der Waals surface area contributed by atoms with Crippen LogP contribution in [0.5, 0.6) is 0 Å². The van der Waals surface area contributed by atoms with Gasteiger partial charge in [0.2, 0.25) is 0 Å². The maximum absolute atomic E-state index is 12.8. The van der Waals surface area contributed by atoms with E-state index >= 15 is 0 Å². The third-order valence-electron chi connectivity index (χ3n) is 1.60. The van der Waals surface area contributed by atoms with Gasteiger partial charge in [-0.05, 0) is 11.6 Å². The first-order valence-electron chi connectivity index (χ1n) is 3.54. The molecule has 0 aromatic heterocycles. The summed E-state index contributed by atoms with van der Waals surface area (Å²) in [6.07, 6.45) is -2.86. The maximum Gasteiger partial charge on any atom is 0.267 e. The first-order valence-corrected chi connectivity index (χ1v) is 3.54. The smallest absolute Gasteiger partial charge is 0.267 e. The van der Waals surface area contributed by atoms with E-state index in [4.69, 9.17) is 5.90 Å². The van der Waals surface area contributed by atoms with Gasteiger partial charge in [-0.3, -0.25) is 4.84 Å². The Labute approximate surface area is 73.1 Å². The second-order valence-electron chi connectivity index (χ2n) is 2.42. The second kappa shape index (κ2) is 4.25. The van der Waals surface area contributed by atoms with E-state index in [9.17, 15) is 13.2 Å². The second-order valence-corrected chi connectivity index (χ2v) is 2.42. The van der Waals surface area contributed by atoms with Crippen LogP contribution < -0.4 is 5.90 Å². The normalized spacial score (nSPS) is 10.8. The number of hydrogen-bond donors (Lipinski definition) is 1. The fourth-order valence-corrected chi connectivity index (χ4v) is 1.04. The molecule has 0 fully saturated rings. The Morgan fingerprint density at radius 1 is 1.38 bits per heavy atom. The van der Waals surface area contributed by atoms with Gasteiger partial charge in [-0.2, -0.15) is 0 Å². The number of halogens is 3. The standard InChI is InChI=1S/C8H8F3NO/c9-6-3-1-2-5(4-13-12)7(6)8(10)11/h1-3,8H,4,12H2. The monoisotopic (exact) mass is 191 g/mol. The summed E-state index contributed by atoms with van der Waals surface area (Å²) in [5.74, 6) is 3.77. The molecule has 0 amide bonds. The minimum atomic E-state index is -2.86. The number of rotatable bonds is 3. The van der Waals surface area contributed by atoms with E-state index in [0.717, 1.165) is 6.07 Å². The van der Waals surface area contributed by atoms with Gasteiger partial charge >= 0.3 is 0 Å². The lowest BCUT2D eigenvalue weighted by atomic mass is 10.1. The molecular formula is C8H8F3NO. The number of nitrogens with two attached hydrogens (primary N) is 1. The zero-order valence-electron chi connectivity index (χ0n) is 6.64. The van der Waals surface area contributed by atoms with E-state index in [-0.39, 0.29) is 12.2 Å². The molecule has 13 heavy (non-hydrogen) atoms. The van der Waals surface area contributed by atoms with E-state index < -0.39 is 17.8 Å². The van der Waals surface area contributed by atoms with Gasteiger partial charge in [0.15, 0.2) is 0 Å². The van der Waals surface area contributed by atoms with E-state index in [1.165, 1.54) is 12.1 Å². The van der Waals surface area contributed by atoms with Gasteiger partial charge in [0.1, 0.15) is 5.82 Å². The van der Waals surface area contributed by atoms with Crippen molar-refractivity contribution in [2.75, 3.05) is 0 Å². The average Bonchev–Trinajstić information content (AvgIpc) is 2.04. The van der Waals surface area contributed by atoms with E-state index in [1.54, 1.807) is 0 Å². The Bertz CT molecular complexity index is 291. The van der Waals surface area contributed by atoms with Crippen LogP contribution >= 0.6 is 0 Å². The lowest BCUT2D eigenvalue weighted by molar-refractivity contribution is 0.112. The Kier molecular flexibility index (Phi) is 3.27. The van der Waals surface area contributed by atoms with E-state index in [2.05, 4.69) is 4.84 Å². The molecule has 0 aliphatic heterocycles. The molecule has 72 valence electrons. The molecule has 1 aromatic carbocycles. The van der Waals surface area contributed by atoms with Crippen LogP contribution in [0, 0.1) is 5.82 Å². The van der Waals surface area contributed by atoms with Crippen LogP contribution in [0.1, 0.15) is 17.6 Å². The highest BCUT2D eigenvalue weighted by Gasteiger charge is 2.17. The fourth-order valence-electron chi connectivity index (χ4n) is 1.04.